The third-order valence-corrected chi connectivity index (χ3v) is 2.58. The van der Waals surface area contributed by atoms with Crippen LogP contribution in [0.4, 0.5) is 0 Å². The topological polar surface area (TPSA) is 37.3 Å². The van der Waals surface area contributed by atoms with E-state index in [9.17, 15) is 9.90 Å². The summed E-state index contributed by atoms with van der Waals surface area (Å²) in [4.78, 5) is 11.7. The number of hydrogen-bond donors (Lipinski definition) is 1. The Bertz CT molecular complexity index is 378. The Morgan fingerprint density at radius 3 is 2.77 bits per heavy atom. The molecular formula is C11H12O2. The van der Waals surface area contributed by atoms with Crippen LogP contribution in [-0.4, -0.2) is 10.9 Å². The van der Waals surface area contributed by atoms with Crippen molar-refractivity contribution in [1.29, 1.82) is 0 Å². The van der Waals surface area contributed by atoms with Crippen molar-refractivity contribution in [1.82, 2.24) is 0 Å². The smallest absolute Gasteiger partial charge is 0.169 e. The van der Waals surface area contributed by atoms with E-state index in [1.165, 1.54) is 0 Å². The SMILES string of the molecule is CC1(C)Cc2cc(O)ccc2C1=O. The fraction of sp³-hybridized carbons (Fsp3) is 0.364. The van der Waals surface area contributed by atoms with Crippen LogP contribution in [0.25, 0.3) is 0 Å². The second-order valence-electron chi connectivity index (χ2n) is 4.23. The summed E-state index contributed by atoms with van der Waals surface area (Å²) in [6.07, 6.45) is 0.732. The van der Waals surface area contributed by atoms with E-state index in [2.05, 4.69) is 0 Å². The highest BCUT2D eigenvalue weighted by Gasteiger charge is 2.37. The third-order valence-electron chi connectivity index (χ3n) is 2.58. The molecular weight excluding hydrogens is 164 g/mol. The van der Waals surface area contributed by atoms with Gasteiger partial charge in [0.05, 0.1) is 0 Å². The van der Waals surface area contributed by atoms with Crippen LogP contribution in [-0.2, 0) is 6.42 Å². The van der Waals surface area contributed by atoms with Crippen molar-refractivity contribution in [2.75, 3.05) is 0 Å². The summed E-state index contributed by atoms with van der Waals surface area (Å²) in [6.45, 7) is 3.87. The first-order chi connectivity index (χ1) is 6.00. The highest BCUT2D eigenvalue weighted by molar-refractivity contribution is 6.04. The minimum absolute atomic E-state index is 0.183. The number of carbonyl (C=O) groups excluding carboxylic acids is 1. The van der Waals surface area contributed by atoms with Gasteiger partial charge in [-0.15, -0.1) is 0 Å². The number of ketones is 1. The molecule has 1 aliphatic rings. The summed E-state index contributed by atoms with van der Waals surface area (Å²) in [5, 5.41) is 9.24. The summed E-state index contributed by atoms with van der Waals surface area (Å²) in [5.41, 5.74) is 1.44. The van der Waals surface area contributed by atoms with Gasteiger partial charge < -0.3 is 5.11 Å². The lowest BCUT2D eigenvalue weighted by molar-refractivity contribution is 0.0863. The Hall–Kier alpha value is -1.31. The molecule has 0 unspecified atom stereocenters. The molecule has 0 aliphatic heterocycles. The van der Waals surface area contributed by atoms with Crippen molar-refractivity contribution in [3.05, 3.63) is 29.3 Å². The molecule has 68 valence electrons. The predicted molar refractivity (Wildman–Crippen MR) is 49.9 cm³/mol. The van der Waals surface area contributed by atoms with Crippen molar-refractivity contribution >= 4 is 5.78 Å². The third kappa shape index (κ3) is 1.13. The molecule has 2 nitrogen and oxygen atoms in total. The van der Waals surface area contributed by atoms with Gasteiger partial charge in [-0.2, -0.15) is 0 Å². The van der Waals surface area contributed by atoms with Crippen LogP contribution in [0, 0.1) is 5.41 Å². The zero-order valence-corrected chi connectivity index (χ0v) is 7.79. The number of phenolic OH excluding ortho intramolecular Hbond substituents is 1. The number of rotatable bonds is 0. The minimum Gasteiger partial charge on any atom is -0.508 e. The number of carbonyl (C=O) groups is 1. The van der Waals surface area contributed by atoms with E-state index >= 15 is 0 Å². The monoisotopic (exact) mass is 176 g/mol. The van der Waals surface area contributed by atoms with Crippen molar-refractivity contribution < 1.29 is 9.90 Å². The summed E-state index contributed by atoms with van der Waals surface area (Å²) in [7, 11) is 0. The van der Waals surface area contributed by atoms with Crippen LogP contribution in [0.1, 0.15) is 29.8 Å². The highest BCUT2D eigenvalue weighted by atomic mass is 16.3. The molecule has 0 aromatic heterocycles. The van der Waals surface area contributed by atoms with Gasteiger partial charge >= 0.3 is 0 Å². The van der Waals surface area contributed by atoms with Crippen LogP contribution in [0.15, 0.2) is 18.2 Å². The maximum absolute atomic E-state index is 11.7. The first-order valence-electron chi connectivity index (χ1n) is 4.37. The fourth-order valence-corrected chi connectivity index (χ4v) is 1.87. The van der Waals surface area contributed by atoms with Gasteiger partial charge in [0.15, 0.2) is 5.78 Å². The van der Waals surface area contributed by atoms with Crippen molar-refractivity contribution in [2.24, 2.45) is 5.41 Å². The van der Waals surface area contributed by atoms with Crippen LogP contribution < -0.4 is 0 Å². The molecule has 1 aliphatic carbocycles. The van der Waals surface area contributed by atoms with Gasteiger partial charge in [0, 0.05) is 11.0 Å². The fourth-order valence-electron chi connectivity index (χ4n) is 1.87. The lowest BCUT2D eigenvalue weighted by atomic mass is 9.89. The Morgan fingerprint density at radius 1 is 1.38 bits per heavy atom. The van der Waals surface area contributed by atoms with E-state index in [-0.39, 0.29) is 16.9 Å². The summed E-state index contributed by atoms with van der Waals surface area (Å²) in [5.74, 6) is 0.423. The molecule has 2 rings (SSSR count). The van der Waals surface area contributed by atoms with Gasteiger partial charge in [-0.1, -0.05) is 13.8 Å². The molecule has 1 aromatic carbocycles. The summed E-state index contributed by atoms with van der Waals surface area (Å²) < 4.78 is 0. The Morgan fingerprint density at radius 2 is 2.08 bits per heavy atom. The molecule has 13 heavy (non-hydrogen) atoms. The molecule has 0 amide bonds. The van der Waals surface area contributed by atoms with E-state index in [0.717, 1.165) is 17.5 Å². The Balaban J connectivity index is 2.57. The molecule has 1 aromatic rings. The summed E-state index contributed by atoms with van der Waals surface area (Å²) >= 11 is 0. The minimum atomic E-state index is -0.296. The quantitative estimate of drug-likeness (QED) is 0.657. The van der Waals surface area contributed by atoms with Crippen LogP contribution in [0.3, 0.4) is 0 Å². The van der Waals surface area contributed by atoms with E-state index in [1.807, 2.05) is 13.8 Å². The highest BCUT2D eigenvalue weighted by Crippen LogP contribution is 2.37. The van der Waals surface area contributed by atoms with Gasteiger partial charge in [-0.05, 0) is 30.2 Å². The molecule has 0 fully saturated rings. The molecule has 0 radical (unpaired) electrons. The van der Waals surface area contributed by atoms with Crippen molar-refractivity contribution in [3.63, 3.8) is 0 Å². The lowest BCUT2D eigenvalue weighted by Crippen LogP contribution is -2.18. The molecule has 0 bridgehead atoms. The number of fused-ring (bicyclic) bond motifs is 1. The molecule has 1 N–H and O–H groups in total. The van der Waals surface area contributed by atoms with Gasteiger partial charge in [-0.3, -0.25) is 4.79 Å². The van der Waals surface area contributed by atoms with Gasteiger partial charge in [0.2, 0.25) is 0 Å². The van der Waals surface area contributed by atoms with Crippen molar-refractivity contribution in [2.45, 2.75) is 20.3 Å². The summed E-state index contributed by atoms with van der Waals surface area (Å²) in [6, 6.07) is 4.96. The largest absolute Gasteiger partial charge is 0.508 e. The molecule has 0 spiro atoms. The Kier molecular flexibility index (Phi) is 1.50. The number of phenols is 1. The molecule has 0 saturated heterocycles. The second kappa shape index (κ2) is 2.34. The van der Waals surface area contributed by atoms with E-state index in [1.54, 1.807) is 18.2 Å². The average molecular weight is 176 g/mol. The Labute approximate surface area is 77.2 Å². The first-order valence-corrected chi connectivity index (χ1v) is 4.37. The predicted octanol–water partition coefficient (Wildman–Crippen LogP) is 2.16. The standard InChI is InChI=1S/C11H12O2/c1-11(2)6-7-5-8(12)3-4-9(7)10(11)13/h3-5,12H,6H2,1-2H3. The maximum atomic E-state index is 11.7. The molecule has 0 atom stereocenters. The van der Waals surface area contributed by atoms with Gasteiger partial charge in [-0.25, -0.2) is 0 Å². The molecule has 2 heteroatoms. The first kappa shape index (κ1) is 8.30. The number of aromatic hydroxyl groups is 1. The normalized spacial score (nSPS) is 18.8. The second-order valence-corrected chi connectivity index (χ2v) is 4.23. The molecule has 0 saturated carbocycles. The maximum Gasteiger partial charge on any atom is 0.169 e. The van der Waals surface area contributed by atoms with Crippen LogP contribution >= 0.6 is 0 Å². The van der Waals surface area contributed by atoms with Gasteiger partial charge in [0.1, 0.15) is 5.75 Å². The van der Waals surface area contributed by atoms with Crippen molar-refractivity contribution in [3.8, 4) is 5.75 Å². The lowest BCUT2D eigenvalue weighted by Gasteiger charge is -2.12. The van der Waals surface area contributed by atoms with E-state index in [4.69, 9.17) is 0 Å². The number of benzene rings is 1. The number of Topliss-reactive ketones (excluding diaryl/α,β-unsaturated/α-hetero) is 1. The van der Waals surface area contributed by atoms with Gasteiger partial charge in [0.25, 0.3) is 0 Å². The zero-order valence-electron chi connectivity index (χ0n) is 7.79. The van der Waals surface area contributed by atoms with Crippen LogP contribution in [0.5, 0.6) is 5.75 Å². The van der Waals surface area contributed by atoms with Crippen LogP contribution in [0.2, 0.25) is 0 Å². The average Bonchev–Trinajstić information content (AvgIpc) is 2.22. The van der Waals surface area contributed by atoms with E-state index < -0.39 is 0 Å². The molecule has 0 heterocycles. The van der Waals surface area contributed by atoms with E-state index in [0.29, 0.717) is 0 Å². The number of hydrogen-bond acceptors (Lipinski definition) is 2. The zero-order chi connectivity index (χ0) is 9.64.